The van der Waals surface area contributed by atoms with Crippen LogP contribution in [0.5, 0.6) is 0 Å². The summed E-state index contributed by atoms with van der Waals surface area (Å²) >= 11 is 0. The number of aromatic nitrogens is 1. The molecule has 7 nitrogen and oxygen atoms in total. The van der Waals surface area contributed by atoms with E-state index in [-0.39, 0.29) is 31.0 Å². The molecule has 1 aliphatic heterocycles. The van der Waals surface area contributed by atoms with Crippen LogP contribution in [0.3, 0.4) is 0 Å². The van der Waals surface area contributed by atoms with Crippen molar-refractivity contribution in [3.05, 3.63) is 48.1 Å². The van der Waals surface area contributed by atoms with Gasteiger partial charge in [-0.1, -0.05) is 18.2 Å². The number of piperidine rings is 1. The molecular weight excluding hydrogens is 414 g/mol. The maximum Gasteiger partial charge on any atom is 0.324 e. The Balaban J connectivity index is 1.74. The number of H-pyrrole nitrogens is 1. The second kappa shape index (κ2) is 10.1. The van der Waals surface area contributed by atoms with Gasteiger partial charge in [-0.05, 0) is 64.0 Å². The van der Waals surface area contributed by atoms with E-state index < -0.39 is 31.0 Å². The molecule has 2 heterocycles. The van der Waals surface area contributed by atoms with Gasteiger partial charge in [0.2, 0.25) is 5.91 Å². The summed E-state index contributed by atoms with van der Waals surface area (Å²) in [6.07, 6.45) is 3.49. The number of hydrogen-bond acceptors (Lipinski definition) is 4. The molecule has 1 aromatic heterocycles. The molecule has 1 aromatic carbocycles. The van der Waals surface area contributed by atoms with Crippen LogP contribution < -0.4 is 5.32 Å². The van der Waals surface area contributed by atoms with Gasteiger partial charge in [-0.15, -0.1) is 6.53 Å². The molecule has 33 heavy (non-hydrogen) atoms. The van der Waals surface area contributed by atoms with Crippen LogP contribution in [0.2, 0.25) is 0 Å². The molecule has 0 bridgehead atoms. The second-order valence-corrected chi connectivity index (χ2v) is 9.27. The lowest BCUT2D eigenvalue weighted by molar-refractivity contribution is -0.135. The monoisotopic (exact) mass is 456 g/mol. The molecule has 2 aromatic rings. The number of likely N-dealkylation sites (tertiary alicyclic amines) is 1. The van der Waals surface area contributed by atoms with Crippen LogP contribution in [-0.4, -0.2) is 84.4 Å². The Kier molecular flexibility index (Phi) is 5.44. The fourth-order valence-corrected chi connectivity index (χ4v) is 5.40. The molecule has 3 amide bonds. The number of amides is 3. The summed E-state index contributed by atoms with van der Waals surface area (Å²) in [5.74, 6) is -1.28. The van der Waals surface area contributed by atoms with Crippen LogP contribution in [-0.2, 0) is 11.2 Å². The van der Waals surface area contributed by atoms with Crippen LogP contribution in [0.1, 0.15) is 43.7 Å². The highest BCUT2D eigenvalue weighted by Crippen LogP contribution is 2.45. The molecule has 1 fully saturated rings. The van der Waals surface area contributed by atoms with E-state index in [1.54, 1.807) is 6.92 Å². The van der Waals surface area contributed by atoms with Crippen molar-refractivity contribution in [2.75, 3.05) is 46.8 Å². The van der Waals surface area contributed by atoms with Gasteiger partial charge in [-0.25, -0.2) is 4.79 Å². The molecule has 2 aliphatic rings. The molecule has 3 atom stereocenters. The number of aromatic amines is 1. The minimum absolute atomic E-state index is 0.0119. The predicted molar refractivity (Wildman–Crippen MR) is 132 cm³/mol. The Hall–Kier alpha value is -2.64. The van der Waals surface area contributed by atoms with Gasteiger partial charge in [0.05, 0.1) is 10.0 Å². The fraction of sp³-hybridized carbons (Fsp3) is 0.538. The molecule has 0 saturated carbocycles. The van der Waals surface area contributed by atoms with Crippen LogP contribution in [0.4, 0.5) is 4.79 Å². The van der Waals surface area contributed by atoms with Gasteiger partial charge in [-0.2, -0.15) is 0 Å². The molecule has 0 radical (unpaired) electrons. The van der Waals surface area contributed by atoms with E-state index in [0.29, 0.717) is 32.4 Å². The van der Waals surface area contributed by atoms with Crippen molar-refractivity contribution < 1.29 is 16.4 Å². The minimum Gasteiger partial charge on any atom is -0.361 e. The summed E-state index contributed by atoms with van der Waals surface area (Å²) in [7, 11) is 3.86. The van der Waals surface area contributed by atoms with Crippen molar-refractivity contribution in [3.63, 3.8) is 0 Å². The summed E-state index contributed by atoms with van der Waals surface area (Å²) in [6, 6.07) is 4.36. The van der Waals surface area contributed by atoms with Gasteiger partial charge >= 0.3 is 6.03 Å². The zero-order valence-corrected chi connectivity index (χ0v) is 19.6. The van der Waals surface area contributed by atoms with Crippen LogP contribution in [0.15, 0.2) is 37.0 Å². The number of nitrogens with zero attached hydrogens (tertiary/aromatic N) is 3. The van der Waals surface area contributed by atoms with Gasteiger partial charge in [0.25, 0.3) is 0 Å². The number of benzene rings is 1. The highest BCUT2D eigenvalue weighted by Gasteiger charge is 2.43. The molecule has 2 unspecified atom stereocenters. The smallest absolute Gasteiger partial charge is 0.324 e. The average molecular weight is 457 g/mol. The summed E-state index contributed by atoms with van der Waals surface area (Å²) in [6.45, 7) is -0.222. The van der Waals surface area contributed by atoms with Gasteiger partial charge in [0.1, 0.15) is 0 Å². The third-order valence-corrected chi connectivity index (χ3v) is 6.84. The van der Waals surface area contributed by atoms with Gasteiger partial charge in [-0.3, -0.25) is 14.6 Å². The molecule has 2 N–H and O–H groups in total. The van der Waals surface area contributed by atoms with Crippen LogP contribution in [0, 0.1) is 5.92 Å². The number of nitrogens with one attached hydrogen (secondary N) is 2. The number of imide groups is 1. The van der Waals surface area contributed by atoms with Crippen molar-refractivity contribution in [2.45, 2.75) is 38.1 Å². The molecule has 1 aliphatic carbocycles. The standard InChI is InChI=1S/C26H37N5O2/c1-5-11-30-17-19(25(32)31(26(33)27-6-2)13-8-12-29(3)4)14-21-20-9-7-10-22-24(20)18(16-28-22)15-23(21)30/h5,7,9-10,16,19,21,23,28H,1,6,8,11-15,17H2,2-4H3,(H,27,33)/t19-,21?,23?/m1/s1/i1D2,5D,11D2. The largest absolute Gasteiger partial charge is 0.361 e. The maximum atomic E-state index is 13.9. The number of urea groups is 1. The van der Waals surface area contributed by atoms with E-state index in [1.807, 2.05) is 43.4 Å². The Morgan fingerprint density at radius 1 is 1.42 bits per heavy atom. The van der Waals surface area contributed by atoms with Crippen molar-refractivity contribution in [1.82, 2.24) is 25.0 Å². The van der Waals surface area contributed by atoms with E-state index in [0.717, 1.165) is 22.0 Å². The maximum absolute atomic E-state index is 13.9. The van der Waals surface area contributed by atoms with E-state index in [4.69, 9.17) is 6.85 Å². The van der Waals surface area contributed by atoms with Crippen molar-refractivity contribution >= 4 is 22.8 Å². The van der Waals surface area contributed by atoms with Crippen molar-refractivity contribution in [3.8, 4) is 0 Å². The van der Waals surface area contributed by atoms with E-state index in [1.165, 1.54) is 9.80 Å². The van der Waals surface area contributed by atoms with Crippen molar-refractivity contribution in [1.29, 1.82) is 0 Å². The molecule has 4 rings (SSSR count). The van der Waals surface area contributed by atoms with E-state index in [2.05, 4.69) is 10.3 Å². The highest BCUT2D eigenvalue weighted by molar-refractivity contribution is 5.96. The predicted octanol–water partition coefficient (Wildman–Crippen LogP) is 3.19. The normalized spacial score (nSPS) is 24.7. The lowest BCUT2D eigenvalue weighted by Crippen LogP contribution is -2.55. The summed E-state index contributed by atoms with van der Waals surface area (Å²) in [4.78, 5) is 34.9. The third kappa shape index (κ3) is 4.70. The lowest BCUT2D eigenvalue weighted by atomic mass is 9.72. The number of carbonyl (C=O) groups excluding carboxylic acids is 2. The van der Waals surface area contributed by atoms with Gasteiger partial charge in [0, 0.05) is 57.9 Å². The first kappa shape index (κ1) is 17.8. The zero-order chi connectivity index (χ0) is 27.8. The van der Waals surface area contributed by atoms with Crippen molar-refractivity contribution in [2.24, 2.45) is 5.92 Å². The van der Waals surface area contributed by atoms with E-state index >= 15 is 0 Å². The third-order valence-electron chi connectivity index (χ3n) is 6.84. The molecule has 7 heteroatoms. The molecule has 1 saturated heterocycles. The Morgan fingerprint density at radius 2 is 2.27 bits per heavy atom. The Labute approximate surface area is 203 Å². The van der Waals surface area contributed by atoms with E-state index in [9.17, 15) is 9.59 Å². The zero-order valence-electron chi connectivity index (χ0n) is 24.6. The minimum atomic E-state index is -2.43. The number of carbonyl (C=O) groups is 2. The quantitative estimate of drug-likeness (QED) is 0.599. The first-order valence-corrected chi connectivity index (χ1v) is 11.7. The second-order valence-electron chi connectivity index (χ2n) is 9.27. The number of fused-ring (bicyclic) bond motifs is 2. The summed E-state index contributed by atoms with van der Waals surface area (Å²) < 4.78 is 41.1. The Bertz CT molecular complexity index is 1230. The number of rotatable bonds is 8. The molecule has 0 spiro atoms. The van der Waals surface area contributed by atoms with Crippen LogP contribution in [0.25, 0.3) is 10.9 Å². The molecule has 178 valence electrons. The first-order chi connectivity index (χ1) is 18.0. The molecular formula is C26H37N5O2. The average Bonchev–Trinajstić information content (AvgIpc) is 3.29. The lowest BCUT2D eigenvalue weighted by Gasteiger charge is -2.47. The topological polar surface area (TPSA) is 71.7 Å². The van der Waals surface area contributed by atoms with Gasteiger partial charge < -0.3 is 15.2 Å². The Morgan fingerprint density at radius 3 is 3.03 bits per heavy atom. The summed E-state index contributed by atoms with van der Waals surface area (Å²) in [5.41, 5.74) is 3.03. The first-order valence-electron chi connectivity index (χ1n) is 14.2. The fourth-order valence-electron chi connectivity index (χ4n) is 5.40. The van der Waals surface area contributed by atoms with Crippen LogP contribution >= 0.6 is 0 Å². The van der Waals surface area contributed by atoms with Gasteiger partial charge in [0.15, 0.2) is 0 Å². The highest BCUT2D eigenvalue weighted by atomic mass is 16.2. The SMILES string of the molecule is [2H]C([2H])=C([2H])C([2H])([2H])N1C[C@H](C(=O)N(CCCN(C)C)C(=O)NCC)CC2c3cccc4[nH]cc(c34)CC21. The number of hydrogen-bond donors (Lipinski definition) is 2. The summed E-state index contributed by atoms with van der Waals surface area (Å²) in [5, 5.41) is 3.81.